The summed E-state index contributed by atoms with van der Waals surface area (Å²) in [7, 11) is 0. The summed E-state index contributed by atoms with van der Waals surface area (Å²) in [6, 6.07) is 0. The van der Waals surface area contributed by atoms with Crippen molar-refractivity contribution in [2.75, 3.05) is 0 Å². The summed E-state index contributed by atoms with van der Waals surface area (Å²) in [4.78, 5) is 13.9. The fraction of sp³-hybridized carbons (Fsp3) is 0.500. The van der Waals surface area contributed by atoms with Crippen LogP contribution in [0.3, 0.4) is 0 Å². The number of carbonyl (C=O) groups excluding carboxylic acids is 1. The molecule has 1 amide bonds. The Bertz CT molecular complexity index is 203. The monoisotopic (exact) mass is 154 g/mol. The van der Waals surface area contributed by atoms with Gasteiger partial charge in [-0.25, -0.2) is 0 Å². The van der Waals surface area contributed by atoms with Crippen LogP contribution in [0.5, 0.6) is 0 Å². The number of nitrogens with one attached hydrogen (secondary N) is 1. The number of rotatable bonds is 2. The number of nitriles is 1. The zero-order chi connectivity index (χ0) is 8.69. The van der Waals surface area contributed by atoms with Crippen LogP contribution in [0.25, 0.3) is 0 Å². The Labute approximate surface area is 64.9 Å². The second-order valence-corrected chi connectivity index (χ2v) is 1.90. The lowest BCUT2D eigenvalue weighted by atomic mass is 10.3. The Morgan fingerprint density at radius 2 is 2.45 bits per heavy atom. The van der Waals surface area contributed by atoms with Crippen LogP contribution in [0.1, 0.15) is 19.8 Å². The molecule has 5 nitrogen and oxygen atoms in total. The maximum atomic E-state index is 10.7. The molecule has 0 saturated carbocycles. The minimum Gasteiger partial charge on any atom is -0.369 e. The number of nitrogens with two attached hydrogens (primary N) is 1. The van der Waals surface area contributed by atoms with Crippen molar-refractivity contribution in [2.24, 2.45) is 10.7 Å². The summed E-state index contributed by atoms with van der Waals surface area (Å²) < 4.78 is 0. The molecule has 0 rings (SSSR count). The topological polar surface area (TPSA) is 91.3 Å². The molecule has 3 N–H and O–H groups in total. The van der Waals surface area contributed by atoms with E-state index in [2.05, 4.69) is 10.3 Å². The van der Waals surface area contributed by atoms with Gasteiger partial charge in [0, 0.05) is 6.42 Å². The molecule has 0 radical (unpaired) electrons. The molecule has 0 aliphatic heterocycles. The molecule has 0 fully saturated rings. The van der Waals surface area contributed by atoms with Crippen LogP contribution in [0.15, 0.2) is 4.99 Å². The first-order valence-corrected chi connectivity index (χ1v) is 3.22. The fourth-order valence-electron chi connectivity index (χ4n) is 0.514. The van der Waals surface area contributed by atoms with Crippen molar-refractivity contribution in [3.8, 4) is 6.19 Å². The van der Waals surface area contributed by atoms with Gasteiger partial charge in [-0.05, 0) is 6.42 Å². The average Bonchev–Trinajstić information content (AvgIpc) is 1.87. The summed E-state index contributed by atoms with van der Waals surface area (Å²) in [6.45, 7) is 1.87. The molecule has 0 unspecified atom stereocenters. The molecule has 60 valence electrons. The lowest BCUT2D eigenvalue weighted by Gasteiger charge is -1.99. The second kappa shape index (κ2) is 5.23. The van der Waals surface area contributed by atoms with Crippen LogP contribution in [-0.2, 0) is 4.79 Å². The molecule has 0 bridgehead atoms. The predicted molar refractivity (Wildman–Crippen MR) is 40.3 cm³/mol. The highest BCUT2D eigenvalue weighted by Crippen LogP contribution is 1.84. The van der Waals surface area contributed by atoms with E-state index in [-0.39, 0.29) is 11.9 Å². The number of guanidine groups is 1. The van der Waals surface area contributed by atoms with E-state index in [9.17, 15) is 4.79 Å². The summed E-state index contributed by atoms with van der Waals surface area (Å²) in [5.41, 5.74) is 5.11. The number of carbonyl (C=O) groups is 1. The molecular formula is C6H10N4O. The second-order valence-electron chi connectivity index (χ2n) is 1.90. The van der Waals surface area contributed by atoms with Crippen molar-refractivity contribution >= 4 is 11.9 Å². The Hall–Kier alpha value is -1.57. The first kappa shape index (κ1) is 9.43. The number of amides is 1. The molecule has 0 heterocycles. The van der Waals surface area contributed by atoms with E-state index in [1.54, 1.807) is 0 Å². The smallest absolute Gasteiger partial charge is 0.226 e. The fourth-order valence-corrected chi connectivity index (χ4v) is 0.514. The van der Waals surface area contributed by atoms with Crippen LogP contribution in [-0.4, -0.2) is 11.9 Å². The summed E-state index contributed by atoms with van der Waals surface area (Å²) in [5.74, 6) is -0.366. The molecule has 5 heteroatoms. The molecular weight excluding hydrogens is 144 g/mol. The molecule has 0 aromatic rings. The van der Waals surface area contributed by atoms with Crippen molar-refractivity contribution < 1.29 is 4.79 Å². The first-order chi connectivity index (χ1) is 5.20. The Kier molecular flexibility index (Phi) is 4.49. The third-order valence-electron chi connectivity index (χ3n) is 0.915. The number of aliphatic imine (C=N–C) groups is 1. The van der Waals surface area contributed by atoms with E-state index in [1.807, 2.05) is 6.92 Å². The highest BCUT2D eigenvalue weighted by molar-refractivity contribution is 5.96. The van der Waals surface area contributed by atoms with Gasteiger partial charge in [-0.1, -0.05) is 6.92 Å². The first-order valence-electron chi connectivity index (χ1n) is 3.22. The van der Waals surface area contributed by atoms with Gasteiger partial charge in [0.05, 0.1) is 0 Å². The minimum absolute atomic E-state index is 0.147. The molecule has 0 spiro atoms. The maximum Gasteiger partial charge on any atom is 0.226 e. The zero-order valence-electron chi connectivity index (χ0n) is 6.29. The summed E-state index contributed by atoms with van der Waals surface area (Å²) >= 11 is 0. The molecule has 0 aliphatic rings. The van der Waals surface area contributed by atoms with Crippen molar-refractivity contribution in [1.82, 2.24) is 5.32 Å². The van der Waals surface area contributed by atoms with Crippen LogP contribution >= 0.6 is 0 Å². The summed E-state index contributed by atoms with van der Waals surface area (Å²) in [6.07, 6.45) is 2.60. The van der Waals surface area contributed by atoms with Gasteiger partial charge in [-0.3, -0.25) is 10.1 Å². The standard InChI is InChI=1S/C6H10N4O/c1-2-3-5(11)10-6(8)9-4-7/h2-3H2,1H3,(H3,8,9,10,11). The summed E-state index contributed by atoms with van der Waals surface area (Å²) in [5, 5.41) is 10.3. The van der Waals surface area contributed by atoms with Gasteiger partial charge >= 0.3 is 0 Å². The molecule has 11 heavy (non-hydrogen) atoms. The van der Waals surface area contributed by atoms with E-state index in [0.717, 1.165) is 6.42 Å². The highest BCUT2D eigenvalue weighted by Gasteiger charge is 1.99. The van der Waals surface area contributed by atoms with Gasteiger partial charge in [-0.15, -0.1) is 4.99 Å². The average molecular weight is 154 g/mol. The highest BCUT2D eigenvalue weighted by atomic mass is 16.1. The number of nitrogens with zero attached hydrogens (tertiary/aromatic N) is 2. The van der Waals surface area contributed by atoms with Gasteiger partial charge in [0.2, 0.25) is 18.1 Å². The van der Waals surface area contributed by atoms with E-state index in [0.29, 0.717) is 6.42 Å². The third-order valence-corrected chi connectivity index (χ3v) is 0.915. The van der Waals surface area contributed by atoms with Gasteiger partial charge in [-0.2, -0.15) is 5.26 Å². The van der Waals surface area contributed by atoms with Crippen LogP contribution in [0.4, 0.5) is 0 Å². The van der Waals surface area contributed by atoms with Gasteiger partial charge in [0.25, 0.3) is 0 Å². The van der Waals surface area contributed by atoms with E-state index in [1.165, 1.54) is 6.19 Å². The van der Waals surface area contributed by atoms with Crippen LogP contribution in [0.2, 0.25) is 0 Å². The molecule has 0 aromatic carbocycles. The molecule has 0 aromatic heterocycles. The quantitative estimate of drug-likeness (QED) is 0.325. The Balaban J connectivity index is 3.77. The number of hydrogen-bond acceptors (Lipinski definition) is 3. The normalized spacial score (nSPS) is 10.4. The van der Waals surface area contributed by atoms with Gasteiger partial charge in [0.1, 0.15) is 0 Å². The van der Waals surface area contributed by atoms with E-state index in [4.69, 9.17) is 11.0 Å². The number of hydrogen-bond donors (Lipinski definition) is 2. The van der Waals surface area contributed by atoms with Crippen LogP contribution in [0, 0.1) is 11.5 Å². The predicted octanol–water partition coefficient (Wildman–Crippen LogP) is -0.302. The van der Waals surface area contributed by atoms with E-state index >= 15 is 0 Å². The third kappa shape index (κ3) is 4.90. The molecule has 0 saturated heterocycles. The molecule has 0 atom stereocenters. The van der Waals surface area contributed by atoms with Gasteiger partial charge < -0.3 is 5.73 Å². The largest absolute Gasteiger partial charge is 0.369 e. The zero-order valence-corrected chi connectivity index (χ0v) is 6.29. The van der Waals surface area contributed by atoms with Crippen molar-refractivity contribution in [2.45, 2.75) is 19.8 Å². The Morgan fingerprint density at radius 3 is 2.91 bits per heavy atom. The van der Waals surface area contributed by atoms with Crippen molar-refractivity contribution in [1.29, 1.82) is 5.26 Å². The lowest BCUT2D eigenvalue weighted by Crippen LogP contribution is -2.36. The Morgan fingerprint density at radius 1 is 1.82 bits per heavy atom. The lowest BCUT2D eigenvalue weighted by molar-refractivity contribution is -0.119. The van der Waals surface area contributed by atoms with Gasteiger partial charge in [0.15, 0.2) is 0 Å². The minimum atomic E-state index is -0.219. The maximum absolute atomic E-state index is 10.7. The van der Waals surface area contributed by atoms with E-state index < -0.39 is 0 Å². The van der Waals surface area contributed by atoms with Crippen molar-refractivity contribution in [3.05, 3.63) is 0 Å². The SMILES string of the molecule is CCCC(=O)NC(N)=NC#N. The molecule has 0 aliphatic carbocycles. The van der Waals surface area contributed by atoms with Crippen molar-refractivity contribution in [3.63, 3.8) is 0 Å². The van der Waals surface area contributed by atoms with Crippen LogP contribution < -0.4 is 11.1 Å².